The molecule has 0 aliphatic rings. The summed E-state index contributed by atoms with van der Waals surface area (Å²) in [5, 5.41) is 2.30. The third-order valence-electron chi connectivity index (χ3n) is 1.70. The fraction of sp³-hybridized carbons (Fsp3) is 0.222. The Morgan fingerprint density at radius 1 is 1.44 bits per heavy atom. The lowest BCUT2D eigenvalue weighted by molar-refractivity contribution is -0.115. The molecule has 7 heteroatoms. The van der Waals surface area contributed by atoms with Gasteiger partial charge in [0.25, 0.3) is 10.1 Å². The third-order valence-corrected chi connectivity index (χ3v) is 2.42. The molecule has 0 saturated carbocycles. The largest absolute Gasteiger partial charge is 0.326 e. The number of carbonyl (C=O) groups excluding carboxylic acids is 1. The molecule has 0 aliphatic carbocycles. The normalized spacial score (nSPS) is 11.1. The predicted octanol–water partition coefficient (Wildman–Crippen LogP) is 1.04. The molecule has 1 rings (SSSR count). The van der Waals surface area contributed by atoms with Gasteiger partial charge in [0, 0.05) is 12.1 Å². The molecule has 0 spiro atoms. The van der Waals surface area contributed by atoms with Crippen molar-refractivity contribution in [2.75, 3.05) is 11.1 Å². The second-order valence-electron chi connectivity index (χ2n) is 3.09. The number of amides is 1. The molecule has 0 bridgehead atoms. The summed E-state index contributed by atoms with van der Waals surface area (Å²) >= 11 is 0. The molecule has 0 unspecified atom stereocenters. The second-order valence-corrected chi connectivity index (χ2v) is 4.67. The minimum Gasteiger partial charge on any atom is -0.326 e. The van der Waals surface area contributed by atoms with Crippen LogP contribution in [0.3, 0.4) is 0 Å². The number of hydrogen-bond donors (Lipinski definition) is 2. The lowest BCUT2D eigenvalue weighted by Gasteiger charge is -2.03. The molecule has 0 radical (unpaired) electrons. The van der Waals surface area contributed by atoms with Gasteiger partial charge >= 0.3 is 0 Å². The zero-order valence-electron chi connectivity index (χ0n) is 8.18. The van der Waals surface area contributed by atoms with E-state index in [0.29, 0.717) is 0 Å². The Morgan fingerprint density at radius 3 is 2.69 bits per heavy atom. The molecule has 2 N–H and O–H groups in total. The first kappa shape index (κ1) is 12.6. The van der Waals surface area contributed by atoms with Crippen LogP contribution in [-0.2, 0) is 14.9 Å². The summed E-state index contributed by atoms with van der Waals surface area (Å²) < 4.78 is 41.8. The van der Waals surface area contributed by atoms with Gasteiger partial charge < -0.3 is 5.32 Å². The first-order valence-corrected chi connectivity index (χ1v) is 5.98. The van der Waals surface area contributed by atoms with Crippen LogP contribution in [0.15, 0.2) is 24.3 Å². The Labute approximate surface area is 92.0 Å². The molecule has 5 nitrogen and oxygen atoms in total. The lowest BCUT2D eigenvalue weighted by Crippen LogP contribution is -2.16. The average molecular weight is 247 g/mol. The minimum atomic E-state index is -4.15. The first-order chi connectivity index (χ1) is 7.37. The van der Waals surface area contributed by atoms with Gasteiger partial charge in [0.2, 0.25) is 5.91 Å². The van der Waals surface area contributed by atoms with Gasteiger partial charge in [-0.3, -0.25) is 9.35 Å². The molecule has 1 aromatic carbocycles. The van der Waals surface area contributed by atoms with Gasteiger partial charge in [0.1, 0.15) is 5.82 Å². The maximum Gasteiger partial charge on any atom is 0.265 e. The second kappa shape index (κ2) is 5.04. The van der Waals surface area contributed by atoms with E-state index in [2.05, 4.69) is 5.32 Å². The van der Waals surface area contributed by atoms with Crippen LogP contribution in [-0.4, -0.2) is 24.6 Å². The molecular weight excluding hydrogens is 237 g/mol. The molecule has 0 atom stereocenters. The van der Waals surface area contributed by atoms with E-state index in [0.717, 1.165) is 6.07 Å². The Balaban J connectivity index is 2.52. The third kappa shape index (κ3) is 4.85. The van der Waals surface area contributed by atoms with E-state index in [1.165, 1.54) is 18.2 Å². The van der Waals surface area contributed by atoms with Crippen molar-refractivity contribution in [3.8, 4) is 0 Å². The number of halogens is 1. The highest BCUT2D eigenvalue weighted by Crippen LogP contribution is 2.09. The Bertz CT molecular complexity index is 486. The van der Waals surface area contributed by atoms with E-state index in [-0.39, 0.29) is 12.1 Å². The summed E-state index contributed by atoms with van der Waals surface area (Å²) in [6.07, 6.45) is -0.380. The van der Waals surface area contributed by atoms with Gasteiger partial charge in [-0.2, -0.15) is 8.42 Å². The molecule has 0 aliphatic heterocycles. The smallest absolute Gasteiger partial charge is 0.265 e. The number of nitrogens with one attached hydrogen (secondary N) is 1. The van der Waals surface area contributed by atoms with E-state index in [1.807, 2.05) is 0 Å². The highest BCUT2D eigenvalue weighted by Gasteiger charge is 2.09. The molecule has 0 fully saturated rings. The van der Waals surface area contributed by atoms with Gasteiger partial charge in [0.05, 0.1) is 5.75 Å². The van der Waals surface area contributed by atoms with Crippen LogP contribution in [0.25, 0.3) is 0 Å². The maximum atomic E-state index is 12.7. The molecule has 0 aromatic heterocycles. The molecule has 0 saturated heterocycles. The molecule has 16 heavy (non-hydrogen) atoms. The summed E-state index contributed by atoms with van der Waals surface area (Å²) in [6, 6.07) is 5.20. The fourth-order valence-corrected chi connectivity index (χ4v) is 1.45. The van der Waals surface area contributed by atoms with E-state index >= 15 is 0 Å². The number of anilines is 1. The van der Waals surface area contributed by atoms with Crippen LogP contribution in [0, 0.1) is 5.82 Å². The SMILES string of the molecule is O=C(CCS(=O)(=O)O)Nc1cccc(F)c1. The van der Waals surface area contributed by atoms with Crippen LogP contribution in [0.5, 0.6) is 0 Å². The summed E-state index contributed by atoms with van der Waals surface area (Å²) in [4.78, 5) is 11.2. The Morgan fingerprint density at radius 2 is 2.12 bits per heavy atom. The van der Waals surface area contributed by atoms with E-state index in [4.69, 9.17) is 4.55 Å². The number of benzene rings is 1. The van der Waals surface area contributed by atoms with Crippen molar-refractivity contribution in [1.29, 1.82) is 0 Å². The van der Waals surface area contributed by atoms with E-state index in [1.54, 1.807) is 0 Å². The van der Waals surface area contributed by atoms with Crippen molar-refractivity contribution < 1.29 is 22.2 Å². The summed E-state index contributed by atoms with van der Waals surface area (Å²) in [5.74, 6) is -1.77. The summed E-state index contributed by atoms with van der Waals surface area (Å²) in [5.41, 5.74) is 0.236. The van der Waals surface area contributed by atoms with Gasteiger partial charge in [-0.1, -0.05) is 6.07 Å². The minimum absolute atomic E-state index is 0.236. The molecule has 1 amide bonds. The van der Waals surface area contributed by atoms with Gasteiger partial charge in [0.15, 0.2) is 0 Å². The highest BCUT2D eigenvalue weighted by atomic mass is 32.2. The van der Waals surface area contributed by atoms with Gasteiger partial charge in [-0.25, -0.2) is 4.39 Å². The zero-order chi connectivity index (χ0) is 12.2. The first-order valence-electron chi connectivity index (χ1n) is 4.37. The summed E-state index contributed by atoms with van der Waals surface area (Å²) in [6.45, 7) is 0. The van der Waals surface area contributed by atoms with Crippen LogP contribution in [0.4, 0.5) is 10.1 Å². The van der Waals surface area contributed by atoms with Crippen molar-refractivity contribution in [3.63, 3.8) is 0 Å². The quantitative estimate of drug-likeness (QED) is 0.779. The lowest BCUT2D eigenvalue weighted by atomic mass is 10.3. The number of hydrogen-bond acceptors (Lipinski definition) is 3. The molecule has 1 aromatic rings. The van der Waals surface area contributed by atoms with Crippen molar-refractivity contribution in [3.05, 3.63) is 30.1 Å². The number of rotatable bonds is 4. The topological polar surface area (TPSA) is 83.5 Å². The van der Waals surface area contributed by atoms with E-state index < -0.39 is 27.6 Å². The van der Waals surface area contributed by atoms with Crippen molar-refractivity contribution >= 4 is 21.7 Å². The Hall–Kier alpha value is -1.47. The summed E-state index contributed by atoms with van der Waals surface area (Å²) in [7, 11) is -4.15. The van der Waals surface area contributed by atoms with Crippen molar-refractivity contribution in [1.82, 2.24) is 0 Å². The monoisotopic (exact) mass is 247 g/mol. The average Bonchev–Trinajstić information content (AvgIpc) is 2.14. The van der Waals surface area contributed by atoms with Crippen LogP contribution >= 0.6 is 0 Å². The molecular formula is C9H10FNO4S. The van der Waals surface area contributed by atoms with Crippen molar-refractivity contribution in [2.45, 2.75) is 6.42 Å². The van der Waals surface area contributed by atoms with Crippen LogP contribution in [0.2, 0.25) is 0 Å². The molecule has 88 valence electrons. The highest BCUT2D eigenvalue weighted by molar-refractivity contribution is 7.85. The predicted molar refractivity (Wildman–Crippen MR) is 56.1 cm³/mol. The van der Waals surface area contributed by atoms with Gasteiger partial charge in [-0.15, -0.1) is 0 Å². The van der Waals surface area contributed by atoms with Gasteiger partial charge in [-0.05, 0) is 18.2 Å². The zero-order valence-corrected chi connectivity index (χ0v) is 9.00. The molecule has 0 heterocycles. The maximum absolute atomic E-state index is 12.7. The fourth-order valence-electron chi connectivity index (χ4n) is 1.01. The van der Waals surface area contributed by atoms with Crippen LogP contribution < -0.4 is 5.32 Å². The van der Waals surface area contributed by atoms with Crippen molar-refractivity contribution in [2.24, 2.45) is 0 Å². The van der Waals surface area contributed by atoms with Crippen LogP contribution in [0.1, 0.15) is 6.42 Å². The standard InChI is InChI=1S/C9H10FNO4S/c10-7-2-1-3-8(6-7)11-9(12)4-5-16(13,14)15/h1-3,6H,4-5H2,(H,11,12)(H,13,14,15). The van der Waals surface area contributed by atoms with E-state index in [9.17, 15) is 17.6 Å². The Kier molecular flexibility index (Phi) is 3.97. The number of carbonyl (C=O) groups is 1.